The summed E-state index contributed by atoms with van der Waals surface area (Å²) in [5, 5.41) is 3.56. The van der Waals surface area contributed by atoms with Gasteiger partial charge in [0.15, 0.2) is 0 Å². The molecule has 2 fully saturated rings. The fourth-order valence-electron chi connectivity index (χ4n) is 3.10. The smallest absolute Gasteiger partial charge is 0.00111 e. The molecule has 0 bridgehead atoms. The van der Waals surface area contributed by atoms with E-state index in [4.69, 9.17) is 0 Å². The number of hydrogen-bond donors (Lipinski definition) is 1. The fraction of sp³-hybridized carbons (Fsp3) is 1.00. The lowest BCUT2D eigenvalue weighted by atomic mass is 9.75. The predicted molar refractivity (Wildman–Crippen MR) is 47.6 cm³/mol. The van der Waals surface area contributed by atoms with Crippen LogP contribution in [0.3, 0.4) is 0 Å². The first-order valence-corrected chi connectivity index (χ1v) is 5.08. The summed E-state index contributed by atoms with van der Waals surface area (Å²) in [5.74, 6) is 0.991. The molecular weight excluding hydrogens is 134 g/mol. The van der Waals surface area contributed by atoms with Crippen molar-refractivity contribution in [3.8, 4) is 0 Å². The quantitative estimate of drug-likeness (QED) is 0.609. The fourth-order valence-corrected chi connectivity index (χ4v) is 3.10. The Morgan fingerprint density at radius 2 is 2.09 bits per heavy atom. The van der Waals surface area contributed by atoms with Crippen LogP contribution in [0.4, 0.5) is 0 Å². The molecule has 11 heavy (non-hydrogen) atoms. The maximum Gasteiger partial charge on any atom is 0.00111 e. The van der Waals surface area contributed by atoms with Crippen molar-refractivity contribution in [2.45, 2.75) is 39.0 Å². The van der Waals surface area contributed by atoms with E-state index in [9.17, 15) is 0 Å². The molecule has 0 amide bonds. The predicted octanol–water partition coefficient (Wildman–Crippen LogP) is 2.18. The van der Waals surface area contributed by atoms with E-state index in [0.717, 1.165) is 11.3 Å². The van der Waals surface area contributed by atoms with E-state index in [1.54, 1.807) is 0 Å². The van der Waals surface area contributed by atoms with Gasteiger partial charge in [0.1, 0.15) is 0 Å². The molecule has 1 saturated heterocycles. The Hall–Kier alpha value is -0.0400. The van der Waals surface area contributed by atoms with Gasteiger partial charge in [0.25, 0.3) is 0 Å². The molecule has 0 aromatic carbocycles. The maximum absolute atomic E-state index is 3.56. The lowest BCUT2D eigenvalue weighted by Gasteiger charge is -2.28. The zero-order chi connectivity index (χ0) is 7.73. The first-order valence-electron chi connectivity index (χ1n) is 5.08. The van der Waals surface area contributed by atoms with Gasteiger partial charge in [-0.1, -0.05) is 26.2 Å². The van der Waals surface area contributed by atoms with Crippen LogP contribution in [-0.4, -0.2) is 13.1 Å². The van der Waals surface area contributed by atoms with Crippen molar-refractivity contribution >= 4 is 0 Å². The largest absolute Gasteiger partial charge is 0.316 e. The van der Waals surface area contributed by atoms with Crippen molar-refractivity contribution in [2.24, 2.45) is 11.3 Å². The molecule has 1 aliphatic carbocycles. The van der Waals surface area contributed by atoms with Gasteiger partial charge in [0, 0.05) is 6.54 Å². The Labute approximate surface area is 69.6 Å². The molecule has 64 valence electrons. The van der Waals surface area contributed by atoms with Gasteiger partial charge in [-0.15, -0.1) is 0 Å². The molecule has 1 N–H and O–H groups in total. The average Bonchev–Trinajstić information content (AvgIpc) is 2.62. The van der Waals surface area contributed by atoms with Gasteiger partial charge in [-0.3, -0.25) is 0 Å². The number of nitrogens with one attached hydrogen (secondary N) is 1. The lowest BCUT2D eigenvalue weighted by molar-refractivity contribution is 0.228. The number of rotatable bonds is 1. The summed E-state index contributed by atoms with van der Waals surface area (Å²) in [6.45, 7) is 4.94. The highest BCUT2D eigenvalue weighted by Crippen LogP contribution is 2.47. The van der Waals surface area contributed by atoms with Gasteiger partial charge < -0.3 is 5.32 Å². The molecule has 0 aromatic rings. The van der Waals surface area contributed by atoms with Crippen LogP contribution in [-0.2, 0) is 0 Å². The number of hydrogen-bond acceptors (Lipinski definition) is 1. The van der Waals surface area contributed by atoms with Crippen LogP contribution < -0.4 is 5.32 Å². The molecular formula is C10H19N. The highest BCUT2D eigenvalue weighted by Gasteiger charge is 2.43. The molecule has 1 nitrogen and oxygen atoms in total. The third kappa shape index (κ3) is 1.10. The SMILES string of the molecule is CCC1CNCC12CCCC2. The minimum absolute atomic E-state index is 0.745. The summed E-state index contributed by atoms with van der Waals surface area (Å²) in [6.07, 6.45) is 7.35. The van der Waals surface area contributed by atoms with Crippen molar-refractivity contribution in [1.29, 1.82) is 0 Å². The van der Waals surface area contributed by atoms with Gasteiger partial charge in [-0.2, -0.15) is 0 Å². The molecule has 2 rings (SSSR count). The summed E-state index contributed by atoms with van der Waals surface area (Å²) in [5.41, 5.74) is 0.745. The second-order valence-electron chi connectivity index (χ2n) is 4.31. The summed E-state index contributed by atoms with van der Waals surface area (Å²) in [6, 6.07) is 0. The van der Waals surface area contributed by atoms with Crippen LogP contribution in [0, 0.1) is 11.3 Å². The van der Waals surface area contributed by atoms with Crippen LogP contribution >= 0.6 is 0 Å². The van der Waals surface area contributed by atoms with Gasteiger partial charge in [-0.25, -0.2) is 0 Å². The van der Waals surface area contributed by atoms with E-state index in [2.05, 4.69) is 12.2 Å². The van der Waals surface area contributed by atoms with E-state index in [1.807, 2.05) is 0 Å². The van der Waals surface area contributed by atoms with Crippen LogP contribution in [0.2, 0.25) is 0 Å². The van der Waals surface area contributed by atoms with Crippen LogP contribution in [0.15, 0.2) is 0 Å². The third-order valence-electron chi connectivity index (χ3n) is 3.83. The topological polar surface area (TPSA) is 12.0 Å². The van der Waals surface area contributed by atoms with E-state index in [0.29, 0.717) is 0 Å². The summed E-state index contributed by atoms with van der Waals surface area (Å²) < 4.78 is 0. The van der Waals surface area contributed by atoms with Crippen molar-refractivity contribution in [2.75, 3.05) is 13.1 Å². The highest BCUT2D eigenvalue weighted by atomic mass is 14.9. The normalized spacial score (nSPS) is 35.2. The Morgan fingerprint density at radius 3 is 2.73 bits per heavy atom. The molecule has 1 heteroatoms. The molecule has 1 atom stereocenters. The Kier molecular flexibility index (Phi) is 1.92. The highest BCUT2D eigenvalue weighted by molar-refractivity contribution is 4.97. The minimum Gasteiger partial charge on any atom is -0.316 e. The Morgan fingerprint density at radius 1 is 1.36 bits per heavy atom. The van der Waals surface area contributed by atoms with E-state index in [-0.39, 0.29) is 0 Å². The van der Waals surface area contributed by atoms with E-state index < -0.39 is 0 Å². The molecule has 1 saturated carbocycles. The van der Waals surface area contributed by atoms with Gasteiger partial charge in [0.05, 0.1) is 0 Å². The molecule has 0 radical (unpaired) electrons. The van der Waals surface area contributed by atoms with Crippen molar-refractivity contribution in [3.63, 3.8) is 0 Å². The molecule has 0 aromatic heterocycles. The third-order valence-corrected chi connectivity index (χ3v) is 3.83. The van der Waals surface area contributed by atoms with Crippen LogP contribution in [0.25, 0.3) is 0 Å². The standard InChI is InChI=1S/C10H19N/c1-2-9-7-11-8-10(9)5-3-4-6-10/h9,11H,2-8H2,1H3. The molecule has 1 spiro atoms. The van der Waals surface area contributed by atoms with Gasteiger partial charge >= 0.3 is 0 Å². The summed E-state index contributed by atoms with van der Waals surface area (Å²) >= 11 is 0. The van der Waals surface area contributed by atoms with Crippen molar-refractivity contribution in [3.05, 3.63) is 0 Å². The van der Waals surface area contributed by atoms with Crippen LogP contribution in [0.1, 0.15) is 39.0 Å². The summed E-state index contributed by atoms with van der Waals surface area (Å²) in [7, 11) is 0. The Balaban J connectivity index is 2.09. The van der Waals surface area contributed by atoms with Gasteiger partial charge in [-0.05, 0) is 30.7 Å². The second kappa shape index (κ2) is 2.78. The van der Waals surface area contributed by atoms with E-state index in [1.165, 1.54) is 45.2 Å². The maximum atomic E-state index is 3.56. The second-order valence-corrected chi connectivity index (χ2v) is 4.31. The van der Waals surface area contributed by atoms with Crippen LogP contribution in [0.5, 0.6) is 0 Å². The zero-order valence-electron chi connectivity index (χ0n) is 7.53. The molecule has 1 unspecified atom stereocenters. The Bertz CT molecular complexity index is 130. The molecule has 1 heterocycles. The molecule has 1 aliphatic heterocycles. The van der Waals surface area contributed by atoms with Crippen molar-refractivity contribution in [1.82, 2.24) is 5.32 Å². The molecule has 2 aliphatic rings. The monoisotopic (exact) mass is 153 g/mol. The lowest BCUT2D eigenvalue weighted by Crippen LogP contribution is -2.25. The van der Waals surface area contributed by atoms with Crippen molar-refractivity contribution < 1.29 is 0 Å². The summed E-state index contributed by atoms with van der Waals surface area (Å²) in [4.78, 5) is 0. The average molecular weight is 153 g/mol. The first-order chi connectivity index (χ1) is 5.37. The van der Waals surface area contributed by atoms with Gasteiger partial charge in [0.2, 0.25) is 0 Å². The zero-order valence-corrected chi connectivity index (χ0v) is 7.53. The minimum atomic E-state index is 0.745. The first kappa shape index (κ1) is 7.60. The van der Waals surface area contributed by atoms with E-state index >= 15 is 0 Å².